The van der Waals surface area contributed by atoms with Crippen molar-refractivity contribution in [2.45, 2.75) is 57.3 Å². The maximum absolute atomic E-state index is 6.02. The lowest BCUT2D eigenvalue weighted by Crippen LogP contribution is -2.37. The van der Waals surface area contributed by atoms with Gasteiger partial charge in [-0.2, -0.15) is 0 Å². The van der Waals surface area contributed by atoms with Crippen LogP contribution in [0.4, 0.5) is 0 Å². The maximum Gasteiger partial charge on any atom is 0.0953 e. The van der Waals surface area contributed by atoms with Crippen LogP contribution in [0.25, 0.3) is 0 Å². The largest absolute Gasteiger partial charge is 0.330 e. The molecule has 0 radical (unpaired) electrons. The van der Waals surface area contributed by atoms with Crippen LogP contribution in [0.2, 0.25) is 0 Å². The molecule has 0 spiro atoms. The molecule has 16 heavy (non-hydrogen) atoms. The fraction of sp³-hybridized carbons (Fsp3) is 0.769. The summed E-state index contributed by atoms with van der Waals surface area (Å²) in [6, 6.07) is 0. The summed E-state index contributed by atoms with van der Waals surface area (Å²) in [7, 11) is 0. The first-order valence-corrected chi connectivity index (χ1v) is 7.22. The van der Waals surface area contributed by atoms with Crippen molar-refractivity contribution in [2.75, 3.05) is 6.54 Å². The third kappa shape index (κ3) is 2.16. The summed E-state index contributed by atoms with van der Waals surface area (Å²) >= 11 is 1.80. The Hall–Kier alpha value is -0.410. The Balaban J connectivity index is 2.25. The van der Waals surface area contributed by atoms with Gasteiger partial charge in [0.2, 0.25) is 0 Å². The first kappa shape index (κ1) is 12.1. The average Bonchev–Trinajstić information content (AvgIpc) is 2.80. The second-order valence-corrected chi connectivity index (χ2v) is 6.16. The van der Waals surface area contributed by atoms with Crippen LogP contribution in [-0.4, -0.2) is 11.5 Å². The molecule has 0 bridgehead atoms. The van der Waals surface area contributed by atoms with Gasteiger partial charge in [0.1, 0.15) is 0 Å². The highest BCUT2D eigenvalue weighted by molar-refractivity contribution is 7.09. The molecule has 2 nitrogen and oxygen atoms in total. The Morgan fingerprint density at radius 3 is 2.56 bits per heavy atom. The SMILES string of the molecule is CC(C)c1nc(C2(CN)CCCCC2)cs1. The van der Waals surface area contributed by atoms with Gasteiger partial charge < -0.3 is 5.73 Å². The molecule has 0 aromatic carbocycles. The molecule has 90 valence electrons. The minimum atomic E-state index is 0.196. The van der Waals surface area contributed by atoms with Crippen molar-refractivity contribution in [3.8, 4) is 0 Å². The Kier molecular flexibility index (Phi) is 3.65. The molecule has 1 aliphatic rings. The highest BCUT2D eigenvalue weighted by Crippen LogP contribution is 2.39. The van der Waals surface area contributed by atoms with Crippen molar-refractivity contribution in [1.82, 2.24) is 4.98 Å². The quantitative estimate of drug-likeness (QED) is 0.876. The number of nitrogens with zero attached hydrogens (tertiary/aromatic N) is 1. The number of hydrogen-bond acceptors (Lipinski definition) is 3. The molecule has 1 heterocycles. The minimum absolute atomic E-state index is 0.196. The van der Waals surface area contributed by atoms with Gasteiger partial charge in [-0.15, -0.1) is 11.3 Å². The van der Waals surface area contributed by atoms with Crippen molar-refractivity contribution < 1.29 is 0 Å². The van der Waals surface area contributed by atoms with Gasteiger partial charge in [0.05, 0.1) is 10.7 Å². The molecule has 0 saturated heterocycles. The molecule has 0 amide bonds. The normalized spacial score (nSPS) is 20.2. The standard InChI is InChI=1S/C13H22N2S/c1-10(2)12-15-11(8-16-12)13(9-14)6-4-3-5-7-13/h8,10H,3-7,9,14H2,1-2H3. The fourth-order valence-electron chi connectivity index (χ4n) is 2.59. The van der Waals surface area contributed by atoms with Gasteiger partial charge >= 0.3 is 0 Å². The molecule has 1 saturated carbocycles. The van der Waals surface area contributed by atoms with Crippen LogP contribution in [0.5, 0.6) is 0 Å². The first-order chi connectivity index (χ1) is 7.68. The van der Waals surface area contributed by atoms with Crippen molar-refractivity contribution in [3.63, 3.8) is 0 Å². The third-order valence-corrected chi connectivity index (χ3v) is 4.91. The van der Waals surface area contributed by atoms with Crippen LogP contribution in [0.15, 0.2) is 5.38 Å². The molecule has 3 heteroatoms. The monoisotopic (exact) mass is 238 g/mol. The van der Waals surface area contributed by atoms with E-state index in [1.54, 1.807) is 11.3 Å². The Labute approximate surface area is 102 Å². The van der Waals surface area contributed by atoms with E-state index in [2.05, 4.69) is 19.2 Å². The second kappa shape index (κ2) is 4.84. The van der Waals surface area contributed by atoms with Gasteiger partial charge in [-0.25, -0.2) is 4.98 Å². The van der Waals surface area contributed by atoms with E-state index in [0.29, 0.717) is 5.92 Å². The smallest absolute Gasteiger partial charge is 0.0953 e. The zero-order chi connectivity index (χ0) is 11.6. The zero-order valence-electron chi connectivity index (χ0n) is 10.3. The lowest BCUT2D eigenvalue weighted by molar-refractivity contribution is 0.294. The predicted octanol–water partition coefficient (Wildman–Crippen LogP) is 3.43. The lowest BCUT2D eigenvalue weighted by atomic mass is 9.72. The number of nitrogens with two attached hydrogens (primary N) is 1. The predicted molar refractivity (Wildman–Crippen MR) is 70.0 cm³/mol. The lowest BCUT2D eigenvalue weighted by Gasteiger charge is -2.34. The average molecular weight is 238 g/mol. The van der Waals surface area contributed by atoms with Crippen molar-refractivity contribution in [1.29, 1.82) is 0 Å². The van der Waals surface area contributed by atoms with Crippen molar-refractivity contribution >= 4 is 11.3 Å². The molecule has 0 atom stereocenters. The van der Waals surface area contributed by atoms with Gasteiger partial charge in [-0.1, -0.05) is 33.1 Å². The summed E-state index contributed by atoms with van der Waals surface area (Å²) in [4.78, 5) is 4.81. The minimum Gasteiger partial charge on any atom is -0.330 e. The van der Waals surface area contributed by atoms with E-state index in [0.717, 1.165) is 6.54 Å². The summed E-state index contributed by atoms with van der Waals surface area (Å²) in [6.45, 7) is 5.17. The molecule has 0 unspecified atom stereocenters. The van der Waals surface area contributed by atoms with Crippen LogP contribution < -0.4 is 5.73 Å². The molecule has 1 fully saturated rings. The molecular formula is C13H22N2S. The van der Waals surface area contributed by atoms with Gasteiger partial charge in [0.15, 0.2) is 0 Å². The van der Waals surface area contributed by atoms with Gasteiger partial charge in [0, 0.05) is 23.3 Å². The third-order valence-electron chi connectivity index (χ3n) is 3.76. The maximum atomic E-state index is 6.02. The van der Waals surface area contributed by atoms with E-state index < -0.39 is 0 Å². The van der Waals surface area contributed by atoms with Crippen LogP contribution in [0.1, 0.15) is 62.6 Å². The highest BCUT2D eigenvalue weighted by atomic mass is 32.1. The summed E-state index contributed by atoms with van der Waals surface area (Å²) in [6.07, 6.45) is 6.44. The summed E-state index contributed by atoms with van der Waals surface area (Å²) in [5.41, 5.74) is 7.48. The van der Waals surface area contributed by atoms with Crippen LogP contribution >= 0.6 is 11.3 Å². The second-order valence-electron chi connectivity index (χ2n) is 5.27. The molecule has 1 aliphatic carbocycles. The van der Waals surface area contributed by atoms with Gasteiger partial charge in [0.25, 0.3) is 0 Å². The molecule has 2 N–H and O–H groups in total. The molecule has 2 rings (SSSR count). The zero-order valence-corrected chi connectivity index (χ0v) is 11.1. The molecule has 1 aromatic heterocycles. The number of aromatic nitrogens is 1. The van der Waals surface area contributed by atoms with Crippen LogP contribution in [0, 0.1) is 0 Å². The molecule has 1 aromatic rings. The summed E-state index contributed by atoms with van der Waals surface area (Å²) in [5, 5.41) is 3.50. The summed E-state index contributed by atoms with van der Waals surface area (Å²) < 4.78 is 0. The number of hydrogen-bond donors (Lipinski definition) is 1. The van der Waals surface area contributed by atoms with E-state index in [9.17, 15) is 0 Å². The molecular weight excluding hydrogens is 216 g/mol. The fourth-order valence-corrected chi connectivity index (χ4v) is 3.55. The Morgan fingerprint density at radius 2 is 2.06 bits per heavy atom. The topological polar surface area (TPSA) is 38.9 Å². The highest BCUT2D eigenvalue weighted by Gasteiger charge is 2.34. The van der Waals surface area contributed by atoms with E-state index >= 15 is 0 Å². The number of thiazole rings is 1. The van der Waals surface area contributed by atoms with Crippen molar-refractivity contribution in [2.24, 2.45) is 5.73 Å². The van der Waals surface area contributed by atoms with E-state index in [1.807, 2.05) is 0 Å². The summed E-state index contributed by atoms with van der Waals surface area (Å²) in [5.74, 6) is 0.539. The van der Waals surface area contributed by atoms with Gasteiger partial charge in [-0.05, 0) is 12.8 Å². The van der Waals surface area contributed by atoms with Crippen molar-refractivity contribution in [3.05, 3.63) is 16.1 Å². The van der Waals surface area contributed by atoms with E-state index in [-0.39, 0.29) is 5.41 Å². The van der Waals surface area contributed by atoms with E-state index in [4.69, 9.17) is 10.7 Å². The first-order valence-electron chi connectivity index (χ1n) is 6.34. The molecule has 0 aliphatic heterocycles. The van der Waals surface area contributed by atoms with Gasteiger partial charge in [-0.3, -0.25) is 0 Å². The van der Waals surface area contributed by atoms with E-state index in [1.165, 1.54) is 42.8 Å². The Morgan fingerprint density at radius 1 is 1.38 bits per heavy atom. The Bertz CT molecular complexity index is 337. The van der Waals surface area contributed by atoms with Crippen LogP contribution in [0.3, 0.4) is 0 Å². The van der Waals surface area contributed by atoms with Crippen LogP contribution in [-0.2, 0) is 5.41 Å². The number of rotatable bonds is 3.